The zero-order valence-corrected chi connectivity index (χ0v) is 7.40. The molecule has 64 valence electrons. The molecule has 0 aliphatic heterocycles. The largest absolute Gasteiger partial charge is 0.374 e. The summed E-state index contributed by atoms with van der Waals surface area (Å²) in [4.78, 5) is 6.11. The third-order valence-corrected chi connectivity index (χ3v) is 1.80. The summed E-state index contributed by atoms with van der Waals surface area (Å²) in [5.74, 6) is 0. The molecular formula is C10H14N2. The van der Waals surface area contributed by atoms with Gasteiger partial charge in [0, 0.05) is 25.5 Å². The Bertz CT molecular complexity index is 231. The number of rotatable bonds is 4. The SMILES string of the molecule is C=CN(CC)Cc1ccncc1. The predicted molar refractivity (Wildman–Crippen MR) is 50.5 cm³/mol. The minimum absolute atomic E-state index is 0.919. The Balaban J connectivity index is 2.56. The summed E-state index contributed by atoms with van der Waals surface area (Å²) in [6, 6.07) is 4.04. The maximum Gasteiger partial charge on any atom is 0.0424 e. The molecule has 0 aliphatic carbocycles. The van der Waals surface area contributed by atoms with Gasteiger partial charge in [-0.3, -0.25) is 4.98 Å². The molecule has 1 rings (SSSR count). The van der Waals surface area contributed by atoms with Gasteiger partial charge in [-0.15, -0.1) is 0 Å². The molecule has 2 nitrogen and oxygen atoms in total. The highest BCUT2D eigenvalue weighted by atomic mass is 15.1. The summed E-state index contributed by atoms with van der Waals surface area (Å²) in [6.45, 7) is 7.76. The van der Waals surface area contributed by atoms with Crippen LogP contribution >= 0.6 is 0 Å². The molecule has 0 unspecified atom stereocenters. The third kappa shape index (κ3) is 2.38. The molecule has 0 N–H and O–H groups in total. The summed E-state index contributed by atoms with van der Waals surface area (Å²) in [5.41, 5.74) is 1.27. The summed E-state index contributed by atoms with van der Waals surface area (Å²) < 4.78 is 0. The third-order valence-electron chi connectivity index (χ3n) is 1.80. The highest BCUT2D eigenvalue weighted by Gasteiger charge is 1.95. The molecule has 0 aliphatic rings. The van der Waals surface area contributed by atoms with Crippen LogP contribution in [0.4, 0.5) is 0 Å². The van der Waals surface area contributed by atoms with Crippen LogP contribution in [0.3, 0.4) is 0 Å². The van der Waals surface area contributed by atoms with Crippen molar-refractivity contribution >= 4 is 0 Å². The maximum atomic E-state index is 3.96. The van der Waals surface area contributed by atoms with E-state index in [9.17, 15) is 0 Å². The Labute approximate surface area is 73.5 Å². The van der Waals surface area contributed by atoms with Crippen molar-refractivity contribution < 1.29 is 0 Å². The fourth-order valence-corrected chi connectivity index (χ4v) is 1.03. The van der Waals surface area contributed by atoms with Crippen LogP contribution < -0.4 is 0 Å². The molecule has 0 aromatic carbocycles. The topological polar surface area (TPSA) is 16.1 Å². The van der Waals surface area contributed by atoms with E-state index in [1.807, 2.05) is 30.7 Å². The van der Waals surface area contributed by atoms with Crippen molar-refractivity contribution in [1.29, 1.82) is 0 Å². The van der Waals surface area contributed by atoms with E-state index in [0.717, 1.165) is 13.1 Å². The van der Waals surface area contributed by atoms with Crippen LogP contribution in [0, 0.1) is 0 Å². The van der Waals surface area contributed by atoms with E-state index in [4.69, 9.17) is 0 Å². The monoisotopic (exact) mass is 162 g/mol. The van der Waals surface area contributed by atoms with Crippen molar-refractivity contribution in [3.05, 3.63) is 42.9 Å². The Kier molecular flexibility index (Phi) is 3.33. The minimum Gasteiger partial charge on any atom is -0.374 e. The van der Waals surface area contributed by atoms with Crippen LogP contribution in [-0.4, -0.2) is 16.4 Å². The number of hydrogen-bond acceptors (Lipinski definition) is 2. The summed E-state index contributed by atoms with van der Waals surface area (Å²) >= 11 is 0. The fourth-order valence-electron chi connectivity index (χ4n) is 1.03. The molecule has 1 heterocycles. The fraction of sp³-hybridized carbons (Fsp3) is 0.300. The standard InChI is InChI=1S/C10H14N2/c1-3-12(4-2)9-10-5-7-11-8-6-10/h3,5-8H,1,4,9H2,2H3. The molecule has 0 bridgehead atoms. The second-order valence-electron chi connectivity index (χ2n) is 2.60. The lowest BCUT2D eigenvalue weighted by atomic mass is 10.2. The van der Waals surface area contributed by atoms with Crippen LogP contribution in [0.15, 0.2) is 37.3 Å². The van der Waals surface area contributed by atoms with Gasteiger partial charge in [0.25, 0.3) is 0 Å². The van der Waals surface area contributed by atoms with Crippen LogP contribution in [0.2, 0.25) is 0 Å². The average molecular weight is 162 g/mol. The van der Waals surface area contributed by atoms with Gasteiger partial charge >= 0.3 is 0 Å². The quantitative estimate of drug-likeness (QED) is 0.673. The Morgan fingerprint density at radius 3 is 2.67 bits per heavy atom. The smallest absolute Gasteiger partial charge is 0.0424 e. The molecule has 0 radical (unpaired) electrons. The first-order valence-corrected chi connectivity index (χ1v) is 4.12. The molecule has 12 heavy (non-hydrogen) atoms. The maximum absolute atomic E-state index is 3.96. The lowest BCUT2D eigenvalue weighted by Crippen LogP contribution is -2.15. The van der Waals surface area contributed by atoms with Crippen molar-refractivity contribution in [2.45, 2.75) is 13.5 Å². The van der Waals surface area contributed by atoms with Gasteiger partial charge in [-0.1, -0.05) is 6.58 Å². The van der Waals surface area contributed by atoms with Crippen molar-refractivity contribution in [2.75, 3.05) is 6.54 Å². The van der Waals surface area contributed by atoms with E-state index in [1.54, 1.807) is 0 Å². The minimum atomic E-state index is 0.919. The predicted octanol–water partition coefficient (Wildman–Crippen LogP) is 2.05. The Morgan fingerprint density at radius 2 is 2.17 bits per heavy atom. The van der Waals surface area contributed by atoms with Crippen molar-refractivity contribution in [1.82, 2.24) is 9.88 Å². The Morgan fingerprint density at radius 1 is 1.50 bits per heavy atom. The number of aromatic nitrogens is 1. The van der Waals surface area contributed by atoms with Crippen LogP contribution in [0.5, 0.6) is 0 Å². The number of pyridine rings is 1. The molecule has 0 amide bonds. The summed E-state index contributed by atoms with van der Waals surface area (Å²) in [5, 5.41) is 0. The molecular weight excluding hydrogens is 148 g/mol. The molecule has 0 saturated heterocycles. The van der Waals surface area contributed by atoms with E-state index in [-0.39, 0.29) is 0 Å². The van der Waals surface area contributed by atoms with Gasteiger partial charge in [-0.2, -0.15) is 0 Å². The first-order valence-electron chi connectivity index (χ1n) is 4.12. The molecule has 0 atom stereocenters. The molecule has 0 spiro atoms. The van der Waals surface area contributed by atoms with Crippen LogP contribution in [0.1, 0.15) is 12.5 Å². The van der Waals surface area contributed by atoms with E-state index in [0.29, 0.717) is 0 Å². The van der Waals surface area contributed by atoms with Gasteiger partial charge in [-0.25, -0.2) is 0 Å². The van der Waals surface area contributed by atoms with Crippen molar-refractivity contribution in [2.24, 2.45) is 0 Å². The highest BCUT2D eigenvalue weighted by molar-refractivity contribution is 5.09. The lowest BCUT2D eigenvalue weighted by molar-refractivity contribution is 0.391. The molecule has 1 aromatic heterocycles. The van der Waals surface area contributed by atoms with Crippen LogP contribution in [-0.2, 0) is 6.54 Å². The van der Waals surface area contributed by atoms with Gasteiger partial charge in [0.1, 0.15) is 0 Å². The number of nitrogens with zero attached hydrogens (tertiary/aromatic N) is 2. The second-order valence-corrected chi connectivity index (χ2v) is 2.60. The van der Waals surface area contributed by atoms with E-state index in [2.05, 4.69) is 23.4 Å². The molecule has 0 saturated carbocycles. The lowest BCUT2D eigenvalue weighted by Gasteiger charge is -2.16. The van der Waals surface area contributed by atoms with Crippen molar-refractivity contribution in [3.8, 4) is 0 Å². The summed E-state index contributed by atoms with van der Waals surface area (Å²) in [7, 11) is 0. The van der Waals surface area contributed by atoms with Gasteiger partial charge in [0.2, 0.25) is 0 Å². The van der Waals surface area contributed by atoms with Gasteiger partial charge in [0.15, 0.2) is 0 Å². The van der Waals surface area contributed by atoms with E-state index in [1.165, 1.54) is 5.56 Å². The zero-order valence-electron chi connectivity index (χ0n) is 7.40. The van der Waals surface area contributed by atoms with Gasteiger partial charge in [0.05, 0.1) is 0 Å². The van der Waals surface area contributed by atoms with Crippen molar-refractivity contribution in [3.63, 3.8) is 0 Å². The number of hydrogen-bond donors (Lipinski definition) is 0. The normalized spacial score (nSPS) is 9.42. The molecule has 2 heteroatoms. The first-order chi connectivity index (χ1) is 5.86. The van der Waals surface area contributed by atoms with E-state index < -0.39 is 0 Å². The first kappa shape index (κ1) is 8.78. The zero-order chi connectivity index (χ0) is 8.81. The Hall–Kier alpha value is -1.31. The molecule has 1 aromatic rings. The second kappa shape index (κ2) is 4.54. The summed E-state index contributed by atoms with van der Waals surface area (Å²) in [6.07, 6.45) is 5.49. The van der Waals surface area contributed by atoms with Gasteiger partial charge < -0.3 is 4.90 Å². The molecule has 0 fully saturated rings. The van der Waals surface area contributed by atoms with Gasteiger partial charge in [-0.05, 0) is 30.8 Å². The average Bonchev–Trinajstić information content (AvgIpc) is 2.16. The highest BCUT2D eigenvalue weighted by Crippen LogP contribution is 2.02. The van der Waals surface area contributed by atoms with Crippen LogP contribution in [0.25, 0.3) is 0 Å². The van der Waals surface area contributed by atoms with E-state index >= 15 is 0 Å².